The van der Waals surface area contributed by atoms with Crippen molar-refractivity contribution in [3.8, 4) is 0 Å². The number of carbonyl (C=O) groups excluding carboxylic acids is 2. The maximum Gasteiger partial charge on any atom is 0.321 e. The monoisotopic (exact) mass is 401 g/mol. The fraction of sp³-hybridized carbons (Fsp3) is 0.263. The molecule has 1 aliphatic rings. The number of urea groups is 1. The maximum atomic E-state index is 12.4. The molecule has 3 rings (SSSR count). The number of nitrogens with zero attached hydrogens (tertiary/aromatic N) is 2. The lowest BCUT2D eigenvalue weighted by molar-refractivity contribution is 0.0671. The van der Waals surface area contributed by atoms with Crippen molar-refractivity contribution in [3.05, 3.63) is 64.1 Å². The second-order valence-electron chi connectivity index (χ2n) is 6.04. The summed E-state index contributed by atoms with van der Waals surface area (Å²) in [5.41, 5.74) is 2.56. The minimum atomic E-state index is -0.137. The van der Waals surface area contributed by atoms with Gasteiger partial charge in [-0.3, -0.25) is 4.79 Å². The number of piperazine rings is 1. The van der Waals surface area contributed by atoms with Crippen molar-refractivity contribution in [2.45, 2.75) is 6.92 Å². The van der Waals surface area contributed by atoms with Crippen LogP contribution >= 0.6 is 15.9 Å². The zero-order chi connectivity index (χ0) is 17.8. The quantitative estimate of drug-likeness (QED) is 0.832. The molecule has 0 saturated carbocycles. The van der Waals surface area contributed by atoms with E-state index < -0.39 is 0 Å². The summed E-state index contributed by atoms with van der Waals surface area (Å²) in [5, 5.41) is 2.91. The summed E-state index contributed by atoms with van der Waals surface area (Å²) < 4.78 is 0.962. The molecule has 1 heterocycles. The molecule has 0 aliphatic carbocycles. The molecule has 2 aromatic carbocycles. The summed E-state index contributed by atoms with van der Waals surface area (Å²) in [7, 11) is 0. The number of hydrogen-bond donors (Lipinski definition) is 1. The topological polar surface area (TPSA) is 52.7 Å². The Labute approximate surface area is 155 Å². The van der Waals surface area contributed by atoms with Gasteiger partial charge in [0.1, 0.15) is 0 Å². The number of hydrogen-bond acceptors (Lipinski definition) is 2. The molecule has 5 nitrogen and oxygen atoms in total. The van der Waals surface area contributed by atoms with Crippen LogP contribution in [0.25, 0.3) is 0 Å². The van der Waals surface area contributed by atoms with E-state index >= 15 is 0 Å². The highest BCUT2D eigenvalue weighted by atomic mass is 79.9. The number of rotatable bonds is 2. The van der Waals surface area contributed by atoms with Crippen LogP contribution in [0.2, 0.25) is 0 Å². The van der Waals surface area contributed by atoms with Crippen LogP contribution in [0.3, 0.4) is 0 Å². The van der Waals surface area contributed by atoms with Crippen molar-refractivity contribution in [3.63, 3.8) is 0 Å². The lowest BCUT2D eigenvalue weighted by Gasteiger charge is -2.34. The third-order valence-corrected chi connectivity index (χ3v) is 5.15. The van der Waals surface area contributed by atoms with Gasteiger partial charge in [-0.05, 0) is 36.8 Å². The minimum Gasteiger partial charge on any atom is -0.335 e. The van der Waals surface area contributed by atoms with E-state index in [2.05, 4.69) is 21.2 Å². The van der Waals surface area contributed by atoms with Crippen LogP contribution in [-0.2, 0) is 0 Å². The largest absolute Gasteiger partial charge is 0.335 e. The average molecular weight is 402 g/mol. The fourth-order valence-electron chi connectivity index (χ4n) is 2.75. The van der Waals surface area contributed by atoms with Gasteiger partial charge in [-0.1, -0.05) is 40.2 Å². The highest BCUT2D eigenvalue weighted by molar-refractivity contribution is 9.10. The van der Waals surface area contributed by atoms with Crippen molar-refractivity contribution in [1.82, 2.24) is 9.80 Å². The van der Waals surface area contributed by atoms with E-state index in [0.717, 1.165) is 15.7 Å². The molecule has 1 fully saturated rings. The first-order chi connectivity index (χ1) is 12.0. The van der Waals surface area contributed by atoms with E-state index in [1.807, 2.05) is 55.5 Å². The highest BCUT2D eigenvalue weighted by Gasteiger charge is 2.24. The molecule has 1 saturated heterocycles. The number of amides is 3. The summed E-state index contributed by atoms with van der Waals surface area (Å²) in [4.78, 5) is 28.4. The maximum absolute atomic E-state index is 12.4. The van der Waals surface area contributed by atoms with Gasteiger partial charge < -0.3 is 15.1 Å². The van der Waals surface area contributed by atoms with Crippen LogP contribution in [-0.4, -0.2) is 47.9 Å². The molecule has 3 amide bonds. The molecule has 0 aromatic heterocycles. The third kappa shape index (κ3) is 4.20. The summed E-state index contributed by atoms with van der Waals surface area (Å²) >= 11 is 3.47. The average Bonchev–Trinajstić information content (AvgIpc) is 2.65. The van der Waals surface area contributed by atoms with Gasteiger partial charge in [0.15, 0.2) is 0 Å². The first-order valence-corrected chi connectivity index (χ1v) is 9.00. The van der Waals surface area contributed by atoms with Gasteiger partial charge in [0, 0.05) is 41.9 Å². The van der Waals surface area contributed by atoms with Crippen molar-refractivity contribution >= 4 is 33.6 Å². The van der Waals surface area contributed by atoms with Crippen LogP contribution in [0.1, 0.15) is 15.9 Å². The fourth-order valence-corrected chi connectivity index (χ4v) is 3.13. The Hall–Kier alpha value is -2.34. The van der Waals surface area contributed by atoms with E-state index in [1.54, 1.807) is 9.80 Å². The zero-order valence-electron chi connectivity index (χ0n) is 14.0. The lowest BCUT2D eigenvalue weighted by Crippen LogP contribution is -2.51. The van der Waals surface area contributed by atoms with E-state index in [4.69, 9.17) is 0 Å². The Bertz CT molecular complexity index is 771. The van der Waals surface area contributed by atoms with Gasteiger partial charge in [-0.15, -0.1) is 0 Å². The molecule has 1 N–H and O–H groups in total. The SMILES string of the molecule is Cc1ccc(NC(=O)N2CCN(C(=O)c3ccccc3)CC2)cc1Br. The Kier molecular flexibility index (Phi) is 5.38. The second kappa shape index (κ2) is 7.70. The van der Waals surface area contributed by atoms with Crippen LogP contribution in [0.5, 0.6) is 0 Å². The molecule has 6 heteroatoms. The summed E-state index contributed by atoms with van der Waals surface area (Å²) in [6.45, 7) is 4.13. The standard InChI is InChI=1S/C19H20BrN3O2/c1-14-7-8-16(13-17(14)20)21-19(25)23-11-9-22(10-12-23)18(24)15-5-3-2-4-6-15/h2-8,13H,9-12H2,1H3,(H,21,25). The Balaban J connectivity index is 1.55. The number of aryl methyl sites for hydroxylation is 1. The molecule has 1 aliphatic heterocycles. The van der Waals surface area contributed by atoms with Crippen molar-refractivity contribution in [2.75, 3.05) is 31.5 Å². The molecule has 0 radical (unpaired) electrons. The first kappa shape index (κ1) is 17.5. The Morgan fingerprint density at radius 2 is 1.60 bits per heavy atom. The van der Waals surface area contributed by atoms with Crippen LogP contribution in [0, 0.1) is 6.92 Å². The number of halogens is 1. The smallest absolute Gasteiger partial charge is 0.321 e. The molecule has 130 valence electrons. The molecule has 0 bridgehead atoms. The van der Waals surface area contributed by atoms with E-state index in [-0.39, 0.29) is 11.9 Å². The summed E-state index contributed by atoms with van der Waals surface area (Å²) in [6.07, 6.45) is 0. The second-order valence-corrected chi connectivity index (χ2v) is 6.89. The number of nitrogens with one attached hydrogen (secondary N) is 1. The van der Waals surface area contributed by atoms with Gasteiger partial charge in [0.25, 0.3) is 5.91 Å². The number of anilines is 1. The van der Waals surface area contributed by atoms with Crippen molar-refractivity contribution < 1.29 is 9.59 Å². The van der Waals surface area contributed by atoms with Crippen LogP contribution < -0.4 is 5.32 Å². The van der Waals surface area contributed by atoms with Crippen LogP contribution in [0.15, 0.2) is 53.0 Å². The van der Waals surface area contributed by atoms with Gasteiger partial charge in [-0.2, -0.15) is 0 Å². The lowest BCUT2D eigenvalue weighted by atomic mass is 10.2. The molecular formula is C19H20BrN3O2. The highest BCUT2D eigenvalue weighted by Crippen LogP contribution is 2.21. The number of carbonyl (C=O) groups is 2. The third-order valence-electron chi connectivity index (χ3n) is 4.30. The normalized spacial score (nSPS) is 14.3. The Morgan fingerprint density at radius 3 is 2.24 bits per heavy atom. The number of benzene rings is 2. The zero-order valence-corrected chi connectivity index (χ0v) is 15.6. The van der Waals surface area contributed by atoms with E-state index in [1.165, 1.54) is 0 Å². The van der Waals surface area contributed by atoms with Crippen molar-refractivity contribution in [1.29, 1.82) is 0 Å². The molecule has 25 heavy (non-hydrogen) atoms. The predicted molar refractivity (Wildman–Crippen MR) is 102 cm³/mol. The van der Waals surface area contributed by atoms with Crippen LogP contribution in [0.4, 0.5) is 10.5 Å². The molecular weight excluding hydrogens is 382 g/mol. The van der Waals surface area contributed by atoms with Crippen molar-refractivity contribution in [2.24, 2.45) is 0 Å². The van der Waals surface area contributed by atoms with E-state index in [9.17, 15) is 9.59 Å². The predicted octanol–water partition coefficient (Wildman–Crippen LogP) is 3.75. The molecule has 2 aromatic rings. The molecule has 0 spiro atoms. The van der Waals surface area contributed by atoms with E-state index in [0.29, 0.717) is 31.7 Å². The minimum absolute atomic E-state index is 0.0168. The Morgan fingerprint density at radius 1 is 0.960 bits per heavy atom. The summed E-state index contributed by atoms with van der Waals surface area (Å²) in [6, 6.07) is 14.8. The summed E-state index contributed by atoms with van der Waals surface area (Å²) in [5.74, 6) is 0.0168. The van der Waals surface area contributed by atoms with Gasteiger partial charge >= 0.3 is 6.03 Å². The van der Waals surface area contributed by atoms with Gasteiger partial charge in [-0.25, -0.2) is 4.79 Å². The van der Waals surface area contributed by atoms with Gasteiger partial charge in [0.05, 0.1) is 0 Å². The molecule has 0 atom stereocenters. The first-order valence-electron chi connectivity index (χ1n) is 8.21. The van der Waals surface area contributed by atoms with Gasteiger partial charge in [0.2, 0.25) is 0 Å². The molecule has 0 unspecified atom stereocenters.